The Balaban J connectivity index is 2.37. The van der Waals surface area contributed by atoms with Gasteiger partial charge in [-0.25, -0.2) is 4.98 Å². The van der Waals surface area contributed by atoms with Crippen LogP contribution in [0.1, 0.15) is 34.1 Å². The number of aryl methyl sites for hydroxylation is 1. The van der Waals surface area contributed by atoms with E-state index in [4.69, 9.17) is 0 Å². The smallest absolute Gasteiger partial charge is 0.373 e. The average Bonchev–Trinajstić information content (AvgIpc) is 2.54. The molecule has 2 aromatic heterocycles. The molecule has 1 N–H and O–H groups in total. The number of rotatable bonds is 6. The molecule has 2 rings (SSSR count). The maximum absolute atomic E-state index is 12.9. The summed E-state index contributed by atoms with van der Waals surface area (Å²) in [6.45, 7) is 3.68. The molecule has 0 unspecified atom stereocenters. The highest BCUT2D eigenvalue weighted by Crippen LogP contribution is 2.32. The predicted octanol–water partition coefficient (Wildman–Crippen LogP) is 4.38. The van der Waals surface area contributed by atoms with Gasteiger partial charge in [-0.15, -0.1) is 11.8 Å². The third-order valence-corrected chi connectivity index (χ3v) is 4.39. The lowest BCUT2D eigenvalue weighted by Gasteiger charge is -2.13. The van der Waals surface area contributed by atoms with Gasteiger partial charge in [0.05, 0.1) is 0 Å². The van der Waals surface area contributed by atoms with E-state index in [1.165, 1.54) is 11.8 Å². The summed E-state index contributed by atoms with van der Waals surface area (Å²) < 4.78 is 38.6. The number of aromatic nitrogens is 2. The fraction of sp³-hybridized carbons (Fsp3) is 0.353. The summed E-state index contributed by atoms with van der Waals surface area (Å²) in [5, 5.41) is 2.92. The number of pyridine rings is 2. The van der Waals surface area contributed by atoms with Gasteiger partial charge in [0.25, 0.3) is 0 Å². The maximum atomic E-state index is 12.9. The van der Waals surface area contributed by atoms with Crippen molar-refractivity contribution in [3.8, 4) is 0 Å². The Morgan fingerprint density at radius 1 is 1.24 bits per heavy atom. The van der Waals surface area contributed by atoms with Crippen molar-refractivity contribution in [2.24, 2.45) is 0 Å². The van der Waals surface area contributed by atoms with Gasteiger partial charge in [0, 0.05) is 41.9 Å². The van der Waals surface area contributed by atoms with E-state index in [1.807, 2.05) is 19.9 Å². The van der Waals surface area contributed by atoms with Crippen molar-refractivity contribution < 1.29 is 18.0 Å². The maximum Gasteiger partial charge on any atom is 0.433 e. The van der Waals surface area contributed by atoms with Gasteiger partial charge in [-0.3, -0.25) is 9.78 Å². The van der Waals surface area contributed by atoms with Crippen LogP contribution in [0.2, 0.25) is 0 Å². The van der Waals surface area contributed by atoms with Crippen LogP contribution in [-0.4, -0.2) is 28.6 Å². The molecule has 0 aliphatic rings. The van der Waals surface area contributed by atoms with E-state index in [9.17, 15) is 18.0 Å². The minimum atomic E-state index is -4.54. The normalized spacial score (nSPS) is 11.4. The lowest BCUT2D eigenvalue weighted by Crippen LogP contribution is -2.13. The molecule has 0 amide bonds. The number of ketones is 1. The van der Waals surface area contributed by atoms with Crippen molar-refractivity contribution in [1.82, 2.24) is 9.97 Å². The van der Waals surface area contributed by atoms with Crippen LogP contribution in [0.15, 0.2) is 29.4 Å². The molecule has 0 aromatic carbocycles. The molecule has 4 nitrogen and oxygen atoms in total. The van der Waals surface area contributed by atoms with Gasteiger partial charge in [-0.05, 0) is 24.3 Å². The topological polar surface area (TPSA) is 54.9 Å². The molecule has 134 valence electrons. The molecular weight excluding hydrogens is 351 g/mol. The van der Waals surface area contributed by atoms with E-state index in [0.29, 0.717) is 22.0 Å². The molecule has 0 saturated heterocycles. The lowest BCUT2D eigenvalue weighted by molar-refractivity contribution is -0.141. The van der Waals surface area contributed by atoms with E-state index < -0.39 is 11.9 Å². The van der Waals surface area contributed by atoms with E-state index in [2.05, 4.69) is 15.3 Å². The zero-order valence-corrected chi connectivity index (χ0v) is 14.9. The van der Waals surface area contributed by atoms with Crippen LogP contribution < -0.4 is 5.32 Å². The molecule has 2 aromatic rings. The molecule has 0 bridgehead atoms. The highest BCUT2D eigenvalue weighted by molar-refractivity contribution is 7.99. The quantitative estimate of drug-likeness (QED) is 0.605. The van der Waals surface area contributed by atoms with Crippen LogP contribution in [0.5, 0.6) is 0 Å². The van der Waals surface area contributed by atoms with Gasteiger partial charge >= 0.3 is 6.18 Å². The SMILES string of the molecule is CCSc1cc(C(F)(F)F)ncc1C(=O)Cc1cc(C)cnc1NC. The summed E-state index contributed by atoms with van der Waals surface area (Å²) in [5.41, 5.74) is 0.798. The van der Waals surface area contributed by atoms with Crippen LogP contribution in [0.4, 0.5) is 19.0 Å². The number of Topliss-reactive ketones (excluding diaryl/α,β-unsaturated/α-hetero) is 1. The van der Waals surface area contributed by atoms with E-state index in [1.54, 1.807) is 13.2 Å². The molecule has 0 fully saturated rings. The van der Waals surface area contributed by atoms with Crippen LogP contribution in [0.3, 0.4) is 0 Å². The van der Waals surface area contributed by atoms with Gasteiger partial charge in [-0.2, -0.15) is 13.2 Å². The number of carbonyl (C=O) groups is 1. The number of nitrogens with zero attached hydrogens (tertiary/aromatic N) is 2. The van der Waals surface area contributed by atoms with E-state index >= 15 is 0 Å². The first-order valence-electron chi connectivity index (χ1n) is 7.62. The fourth-order valence-electron chi connectivity index (χ4n) is 2.33. The number of carbonyl (C=O) groups excluding carboxylic acids is 1. The van der Waals surface area contributed by atoms with E-state index in [0.717, 1.165) is 17.8 Å². The van der Waals surface area contributed by atoms with Crippen LogP contribution in [0, 0.1) is 6.92 Å². The molecule has 0 radical (unpaired) electrons. The fourth-order valence-corrected chi connectivity index (χ4v) is 3.16. The summed E-state index contributed by atoms with van der Waals surface area (Å²) in [4.78, 5) is 20.6. The van der Waals surface area contributed by atoms with Gasteiger partial charge in [0.1, 0.15) is 11.5 Å². The average molecular weight is 369 g/mol. The molecule has 0 spiro atoms. The Labute approximate surface area is 148 Å². The van der Waals surface area contributed by atoms with Gasteiger partial charge in [0.2, 0.25) is 0 Å². The highest BCUT2D eigenvalue weighted by Gasteiger charge is 2.33. The van der Waals surface area contributed by atoms with Crippen molar-refractivity contribution >= 4 is 23.4 Å². The summed E-state index contributed by atoms with van der Waals surface area (Å²) >= 11 is 1.19. The van der Waals surface area contributed by atoms with Crippen molar-refractivity contribution in [2.45, 2.75) is 31.3 Å². The highest BCUT2D eigenvalue weighted by atomic mass is 32.2. The second-order valence-electron chi connectivity index (χ2n) is 5.37. The van der Waals surface area contributed by atoms with Crippen LogP contribution >= 0.6 is 11.8 Å². The molecule has 0 atom stereocenters. The predicted molar refractivity (Wildman–Crippen MR) is 92.2 cm³/mol. The van der Waals surface area contributed by atoms with Crippen molar-refractivity contribution in [2.75, 3.05) is 18.1 Å². The minimum Gasteiger partial charge on any atom is -0.373 e. The molecule has 2 heterocycles. The molecular formula is C17H18F3N3OS. The Kier molecular flexibility index (Phi) is 6.05. The van der Waals surface area contributed by atoms with Crippen molar-refractivity contribution in [1.29, 1.82) is 0 Å². The zero-order valence-electron chi connectivity index (χ0n) is 14.1. The second kappa shape index (κ2) is 7.86. The van der Waals surface area contributed by atoms with Gasteiger partial charge in [-0.1, -0.05) is 13.0 Å². The third kappa shape index (κ3) is 4.72. The Morgan fingerprint density at radius 2 is 1.96 bits per heavy atom. The second-order valence-corrected chi connectivity index (χ2v) is 6.67. The number of hydrogen-bond donors (Lipinski definition) is 1. The lowest BCUT2D eigenvalue weighted by atomic mass is 10.0. The summed E-state index contributed by atoms with van der Waals surface area (Å²) in [5.74, 6) is 0.833. The molecule has 0 aliphatic carbocycles. The molecule has 0 aliphatic heterocycles. The number of hydrogen-bond acceptors (Lipinski definition) is 5. The van der Waals surface area contributed by atoms with Crippen molar-refractivity contribution in [3.63, 3.8) is 0 Å². The molecule has 8 heteroatoms. The number of anilines is 1. The van der Waals surface area contributed by atoms with Crippen molar-refractivity contribution in [3.05, 3.63) is 46.9 Å². The summed E-state index contributed by atoms with van der Waals surface area (Å²) in [6.07, 6.45) is -1.80. The Morgan fingerprint density at radius 3 is 2.56 bits per heavy atom. The number of halogens is 3. The number of alkyl halides is 3. The first-order chi connectivity index (χ1) is 11.8. The number of nitrogens with one attached hydrogen (secondary N) is 1. The standard InChI is InChI=1S/C17H18F3N3OS/c1-4-25-14-7-15(17(18,19)20)22-9-12(14)13(24)6-11-5-10(2)8-23-16(11)21-3/h5,7-9H,4,6H2,1-3H3,(H,21,23). The first kappa shape index (κ1) is 19.2. The Bertz CT molecular complexity index is 778. The first-order valence-corrected chi connectivity index (χ1v) is 8.61. The van der Waals surface area contributed by atoms with Gasteiger partial charge < -0.3 is 5.32 Å². The largest absolute Gasteiger partial charge is 0.433 e. The minimum absolute atomic E-state index is 0.0369. The third-order valence-electron chi connectivity index (χ3n) is 3.45. The number of thioether (sulfide) groups is 1. The van der Waals surface area contributed by atoms with Gasteiger partial charge in [0.15, 0.2) is 5.78 Å². The molecule has 0 saturated carbocycles. The van der Waals surface area contributed by atoms with Crippen LogP contribution in [-0.2, 0) is 12.6 Å². The van der Waals surface area contributed by atoms with Crippen LogP contribution in [0.25, 0.3) is 0 Å². The summed E-state index contributed by atoms with van der Waals surface area (Å²) in [6, 6.07) is 2.77. The Hall–Kier alpha value is -2.09. The van der Waals surface area contributed by atoms with E-state index in [-0.39, 0.29) is 17.8 Å². The monoisotopic (exact) mass is 369 g/mol. The zero-order chi connectivity index (χ0) is 18.6. The molecule has 25 heavy (non-hydrogen) atoms. The summed E-state index contributed by atoms with van der Waals surface area (Å²) in [7, 11) is 1.70.